The summed E-state index contributed by atoms with van der Waals surface area (Å²) in [6.07, 6.45) is 5.89. The number of ether oxygens (including phenoxy) is 1. The maximum absolute atomic E-state index is 12.5. The van der Waals surface area contributed by atoms with Gasteiger partial charge in [0.05, 0.1) is 4.88 Å². The Balaban J connectivity index is 1.34. The van der Waals surface area contributed by atoms with Gasteiger partial charge >= 0.3 is 0 Å². The molecule has 4 nitrogen and oxygen atoms in total. The highest BCUT2D eigenvalue weighted by molar-refractivity contribution is 7.14. The van der Waals surface area contributed by atoms with E-state index < -0.39 is 0 Å². The summed E-state index contributed by atoms with van der Waals surface area (Å²) in [4.78, 5) is 14.6. The summed E-state index contributed by atoms with van der Waals surface area (Å²) in [5.41, 5.74) is 1.39. The zero-order valence-corrected chi connectivity index (χ0v) is 14.6. The van der Waals surface area contributed by atoms with Crippen molar-refractivity contribution >= 4 is 17.2 Å². The van der Waals surface area contributed by atoms with Gasteiger partial charge < -0.3 is 15.4 Å². The van der Waals surface area contributed by atoms with Gasteiger partial charge in [-0.25, -0.2) is 0 Å². The number of rotatable bonds is 6. The van der Waals surface area contributed by atoms with E-state index in [0.29, 0.717) is 12.0 Å². The van der Waals surface area contributed by atoms with E-state index in [-0.39, 0.29) is 11.9 Å². The summed E-state index contributed by atoms with van der Waals surface area (Å²) in [5, 5.41) is 6.86. The maximum atomic E-state index is 12.5. The Morgan fingerprint density at radius 1 is 1.30 bits per heavy atom. The minimum absolute atomic E-state index is 0.0967. The number of hydrogen-bond donors (Lipinski definition) is 2. The molecule has 1 aliphatic heterocycles. The Hall–Kier alpha value is -0.910. The molecule has 2 aliphatic carbocycles. The van der Waals surface area contributed by atoms with Gasteiger partial charge in [-0.05, 0) is 63.1 Å². The Morgan fingerprint density at radius 2 is 2.09 bits per heavy atom. The molecule has 0 aromatic carbocycles. The third-order valence-electron chi connectivity index (χ3n) is 5.29. The predicted molar refractivity (Wildman–Crippen MR) is 92.2 cm³/mol. The lowest BCUT2D eigenvalue weighted by molar-refractivity contribution is 0.0698. The van der Waals surface area contributed by atoms with Crippen molar-refractivity contribution in [1.29, 1.82) is 0 Å². The van der Waals surface area contributed by atoms with Crippen LogP contribution in [-0.4, -0.2) is 37.7 Å². The lowest BCUT2D eigenvalue weighted by Crippen LogP contribution is -2.38. The van der Waals surface area contributed by atoms with Gasteiger partial charge in [0, 0.05) is 36.1 Å². The molecule has 0 radical (unpaired) electrons. The van der Waals surface area contributed by atoms with Crippen LogP contribution in [0, 0.1) is 12.8 Å². The SMILES string of the molecule is Cc1sc(C(=O)NC2CCOCC2)cc1[C@@H]1CC1NCC1CC1. The fourth-order valence-corrected chi connectivity index (χ4v) is 4.47. The van der Waals surface area contributed by atoms with Gasteiger partial charge in [0.15, 0.2) is 0 Å². The van der Waals surface area contributed by atoms with Crippen LogP contribution in [-0.2, 0) is 4.74 Å². The predicted octanol–water partition coefficient (Wildman–Crippen LogP) is 2.82. The topological polar surface area (TPSA) is 50.4 Å². The van der Waals surface area contributed by atoms with E-state index in [4.69, 9.17) is 4.74 Å². The minimum atomic E-state index is 0.0967. The zero-order chi connectivity index (χ0) is 15.8. The minimum Gasteiger partial charge on any atom is -0.381 e. The number of hydrogen-bond acceptors (Lipinski definition) is 4. The third kappa shape index (κ3) is 3.78. The second kappa shape index (κ2) is 6.54. The van der Waals surface area contributed by atoms with Crippen LogP contribution < -0.4 is 10.6 Å². The fourth-order valence-electron chi connectivity index (χ4n) is 3.48. The van der Waals surface area contributed by atoms with Crippen molar-refractivity contribution in [3.63, 3.8) is 0 Å². The first-order valence-electron chi connectivity index (χ1n) is 8.93. The zero-order valence-electron chi connectivity index (χ0n) is 13.8. The molecule has 3 aliphatic rings. The van der Waals surface area contributed by atoms with E-state index in [1.54, 1.807) is 11.3 Å². The lowest BCUT2D eigenvalue weighted by atomic mass is 10.1. The smallest absolute Gasteiger partial charge is 0.261 e. The van der Waals surface area contributed by atoms with Gasteiger partial charge in [0.1, 0.15) is 0 Å². The van der Waals surface area contributed by atoms with Crippen LogP contribution in [0.1, 0.15) is 58.1 Å². The van der Waals surface area contributed by atoms with Crippen molar-refractivity contribution in [1.82, 2.24) is 10.6 Å². The van der Waals surface area contributed by atoms with Crippen molar-refractivity contribution < 1.29 is 9.53 Å². The number of thiophene rings is 1. The Kier molecular flexibility index (Phi) is 4.43. The largest absolute Gasteiger partial charge is 0.381 e. The molecule has 2 N–H and O–H groups in total. The van der Waals surface area contributed by atoms with Gasteiger partial charge in [-0.3, -0.25) is 4.79 Å². The van der Waals surface area contributed by atoms with Crippen LogP contribution in [0.15, 0.2) is 6.07 Å². The van der Waals surface area contributed by atoms with Crippen LogP contribution >= 0.6 is 11.3 Å². The molecule has 1 aromatic heterocycles. The standard InChI is InChI=1S/C18H26N2O2S/c1-11-14(15-8-16(15)19-10-12-2-3-12)9-17(23-11)18(21)20-13-4-6-22-7-5-13/h9,12-13,15-16,19H,2-8,10H2,1H3,(H,20,21)/t15-,16?/m0/s1. The Bertz CT molecular complexity index is 576. The quantitative estimate of drug-likeness (QED) is 0.841. The van der Waals surface area contributed by atoms with Crippen molar-refractivity contribution in [3.05, 3.63) is 21.4 Å². The third-order valence-corrected chi connectivity index (χ3v) is 6.36. The molecule has 0 bridgehead atoms. The van der Waals surface area contributed by atoms with E-state index in [0.717, 1.165) is 36.9 Å². The molecule has 23 heavy (non-hydrogen) atoms. The molecule has 2 heterocycles. The molecule has 4 rings (SSSR count). The van der Waals surface area contributed by atoms with E-state index in [1.165, 1.54) is 36.2 Å². The summed E-state index contributed by atoms with van der Waals surface area (Å²) >= 11 is 1.65. The molecular weight excluding hydrogens is 308 g/mol. The summed E-state index contributed by atoms with van der Waals surface area (Å²) in [5.74, 6) is 1.65. The fraction of sp³-hybridized carbons (Fsp3) is 0.722. The van der Waals surface area contributed by atoms with Crippen LogP contribution in [0.25, 0.3) is 0 Å². The average molecular weight is 334 g/mol. The van der Waals surface area contributed by atoms with Gasteiger partial charge in [0.25, 0.3) is 5.91 Å². The molecule has 0 spiro atoms. The van der Waals surface area contributed by atoms with Crippen LogP contribution in [0.4, 0.5) is 0 Å². The summed E-state index contributed by atoms with van der Waals surface area (Å²) in [7, 11) is 0. The highest BCUT2D eigenvalue weighted by atomic mass is 32.1. The average Bonchev–Trinajstić information content (AvgIpc) is 3.46. The van der Waals surface area contributed by atoms with E-state index in [2.05, 4.69) is 23.6 Å². The van der Waals surface area contributed by atoms with Gasteiger partial charge in [0.2, 0.25) is 0 Å². The molecule has 2 saturated carbocycles. The molecule has 1 aromatic rings. The second-order valence-corrected chi connectivity index (χ2v) is 8.54. The molecule has 1 saturated heterocycles. The summed E-state index contributed by atoms with van der Waals surface area (Å²) in [6, 6.07) is 3.05. The van der Waals surface area contributed by atoms with Crippen molar-refractivity contribution in [3.8, 4) is 0 Å². The number of carbonyl (C=O) groups excluding carboxylic acids is 1. The first-order valence-corrected chi connectivity index (χ1v) is 9.74. The second-order valence-electron chi connectivity index (χ2n) is 7.28. The lowest BCUT2D eigenvalue weighted by Gasteiger charge is -2.22. The van der Waals surface area contributed by atoms with E-state index in [1.807, 2.05) is 0 Å². The summed E-state index contributed by atoms with van der Waals surface area (Å²) in [6.45, 7) is 4.86. The first kappa shape index (κ1) is 15.6. The molecule has 2 atom stereocenters. The Morgan fingerprint density at radius 3 is 2.83 bits per heavy atom. The van der Waals surface area contributed by atoms with E-state index >= 15 is 0 Å². The van der Waals surface area contributed by atoms with Gasteiger partial charge in [-0.2, -0.15) is 0 Å². The van der Waals surface area contributed by atoms with Crippen LogP contribution in [0.2, 0.25) is 0 Å². The monoisotopic (exact) mass is 334 g/mol. The van der Waals surface area contributed by atoms with Gasteiger partial charge in [-0.15, -0.1) is 11.3 Å². The molecule has 5 heteroatoms. The molecule has 126 valence electrons. The highest BCUT2D eigenvalue weighted by Crippen LogP contribution is 2.45. The Labute approximate surface area is 142 Å². The van der Waals surface area contributed by atoms with Crippen molar-refractivity contribution in [2.45, 2.75) is 57.0 Å². The molecule has 1 amide bonds. The highest BCUT2D eigenvalue weighted by Gasteiger charge is 2.40. The molecule has 1 unspecified atom stereocenters. The van der Waals surface area contributed by atoms with Crippen molar-refractivity contribution in [2.75, 3.05) is 19.8 Å². The summed E-state index contributed by atoms with van der Waals surface area (Å²) < 4.78 is 5.35. The molecular formula is C18H26N2O2S. The van der Waals surface area contributed by atoms with Crippen LogP contribution in [0.5, 0.6) is 0 Å². The van der Waals surface area contributed by atoms with Crippen LogP contribution in [0.3, 0.4) is 0 Å². The van der Waals surface area contributed by atoms with E-state index in [9.17, 15) is 4.79 Å². The van der Waals surface area contributed by atoms with Crippen molar-refractivity contribution in [2.24, 2.45) is 5.92 Å². The normalized spacial score (nSPS) is 27.9. The van der Waals surface area contributed by atoms with Gasteiger partial charge in [-0.1, -0.05) is 0 Å². The number of amides is 1. The number of aryl methyl sites for hydroxylation is 1. The number of carbonyl (C=O) groups is 1. The number of nitrogens with one attached hydrogen (secondary N) is 2. The molecule has 3 fully saturated rings. The maximum Gasteiger partial charge on any atom is 0.261 e. The first-order chi connectivity index (χ1) is 11.2.